The van der Waals surface area contributed by atoms with Crippen molar-refractivity contribution in [1.29, 1.82) is 0 Å². The number of anilines is 1. The third-order valence-corrected chi connectivity index (χ3v) is 6.29. The minimum Gasteiger partial charge on any atom is -0.485 e. The topological polar surface area (TPSA) is 58.6 Å². The molecule has 152 valence electrons. The van der Waals surface area contributed by atoms with Crippen molar-refractivity contribution in [2.75, 3.05) is 18.4 Å². The van der Waals surface area contributed by atoms with E-state index < -0.39 is 5.60 Å². The van der Waals surface area contributed by atoms with Crippen LogP contribution in [0.1, 0.15) is 29.6 Å². The van der Waals surface area contributed by atoms with Crippen LogP contribution in [-0.2, 0) is 0 Å². The van der Waals surface area contributed by atoms with Gasteiger partial charge in [0, 0.05) is 42.0 Å². The summed E-state index contributed by atoms with van der Waals surface area (Å²) >= 11 is 5.90. The van der Waals surface area contributed by atoms with Gasteiger partial charge < -0.3 is 15.0 Å². The number of fused-ring (bicyclic) bond motifs is 3. The van der Waals surface area contributed by atoms with E-state index in [1.54, 1.807) is 29.2 Å². The first kappa shape index (κ1) is 18.9. The van der Waals surface area contributed by atoms with Crippen LogP contribution in [0.25, 0.3) is 10.8 Å². The van der Waals surface area contributed by atoms with Crippen LogP contribution in [0.3, 0.4) is 0 Å². The van der Waals surface area contributed by atoms with Gasteiger partial charge in [-0.1, -0.05) is 41.9 Å². The second kappa shape index (κ2) is 7.33. The van der Waals surface area contributed by atoms with Gasteiger partial charge in [-0.25, -0.2) is 4.79 Å². The fraction of sp³-hybridized carbons (Fsp3) is 0.250. The Morgan fingerprint density at radius 1 is 1.00 bits per heavy atom. The Bertz CT molecular complexity index is 1130. The van der Waals surface area contributed by atoms with Crippen LogP contribution >= 0.6 is 11.6 Å². The second-order valence-electron chi connectivity index (χ2n) is 7.97. The van der Waals surface area contributed by atoms with Crippen LogP contribution in [-0.4, -0.2) is 35.4 Å². The average Bonchev–Trinajstić information content (AvgIpc) is 2.76. The fourth-order valence-corrected chi connectivity index (χ4v) is 4.47. The number of carbonyl (C=O) groups excluding carboxylic acids is 2. The molecule has 2 aliphatic heterocycles. The summed E-state index contributed by atoms with van der Waals surface area (Å²) in [5, 5.41) is 5.54. The van der Waals surface area contributed by atoms with Gasteiger partial charge in [0.15, 0.2) is 5.78 Å². The highest BCUT2D eigenvalue weighted by molar-refractivity contribution is 6.30. The highest BCUT2D eigenvalue weighted by Gasteiger charge is 2.44. The summed E-state index contributed by atoms with van der Waals surface area (Å²) in [5.74, 6) is 0.796. The summed E-state index contributed by atoms with van der Waals surface area (Å²) in [5.41, 5.74) is 0.807. The lowest BCUT2D eigenvalue weighted by Crippen LogP contribution is -2.53. The Kier molecular flexibility index (Phi) is 4.63. The molecular formula is C24H21ClN2O3. The number of nitrogens with one attached hydrogen (secondary N) is 1. The van der Waals surface area contributed by atoms with Crippen LogP contribution in [0.2, 0.25) is 5.02 Å². The first-order valence-electron chi connectivity index (χ1n) is 10.1. The van der Waals surface area contributed by atoms with E-state index in [1.165, 1.54) is 0 Å². The molecule has 2 aliphatic rings. The Hall–Kier alpha value is -3.05. The van der Waals surface area contributed by atoms with Gasteiger partial charge >= 0.3 is 6.03 Å². The molecule has 0 saturated carbocycles. The minimum atomic E-state index is -0.550. The molecule has 3 aromatic rings. The average molecular weight is 421 g/mol. The molecule has 1 saturated heterocycles. The number of nitrogens with zero attached hydrogens (tertiary/aromatic N) is 1. The number of likely N-dealkylation sites (tertiary alicyclic amines) is 1. The summed E-state index contributed by atoms with van der Waals surface area (Å²) < 4.78 is 6.51. The quantitative estimate of drug-likeness (QED) is 0.563. The number of rotatable bonds is 1. The van der Waals surface area contributed by atoms with Crippen molar-refractivity contribution < 1.29 is 14.3 Å². The molecule has 2 amide bonds. The molecule has 1 spiro atoms. The van der Waals surface area contributed by atoms with E-state index in [1.807, 2.05) is 36.4 Å². The number of carbonyl (C=O) groups is 2. The fourth-order valence-electron chi connectivity index (χ4n) is 4.34. The molecule has 1 N–H and O–H groups in total. The van der Waals surface area contributed by atoms with Gasteiger partial charge in [-0.05, 0) is 35.7 Å². The molecule has 3 aromatic carbocycles. The van der Waals surface area contributed by atoms with Crippen LogP contribution in [0, 0.1) is 0 Å². The van der Waals surface area contributed by atoms with E-state index in [4.69, 9.17) is 16.3 Å². The van der Waals surface area contributed by atoms with E-state index >= 15 is 0 Å². The number of ketones is 1. The maximum Gasteiger partial charge on any atom is 0.321 e. The van der Waals surface area contributed by atoms with E-state index in [-0.39, 0.29) is 11.8 Å². The van der Waals surface area contributed by atoms with Gasteiger partial charge in [-0.2, -0.15) is 0 Å². The lowest BCUT2D eigenvalue weighted by molar-refractivity contribution is 0.00157. The number of halogens is 1. The van der Waals surface area contributed by atoms with Crippen LogP contribution in [0.15, 0.2) is 60.7 Å². The summed E-state index contributed by atoms with van der Waals surface area (Å²) in [4.78, 5) is 27.3. The molecule has 5 nitrogen and oxygen atoms in total. The number of piperidine rings is 1. The summed E-state index contributed by atoms with van der Waals surface area (Å²) in [6.07, 6.45) is 1.59. The lowest BCUT2D eigenvalue weighted by Gasteiger charge is -2.44. The van der Waals surface area contributed by atoms with Crippen LogP contribution in [0.5, 0.6) is 5.75 Å². The van der Waals surface area contributed by atoms with E-state index in [0.29, 0.717) is 54.4 Å². The molecule has 2 heterocycles. The molecular weight excluding hydrogens is 400 g/mol. The zero-order chi connectivity index (χ0) is 20.7. The Morgan fingerprint density at radius 2 is 1.73 bits per heavy atom. The van der Waals surface area contributed by atoms with Crippen molar-refractivity contribution >= 4 is 39.9 Å². The normalized spacial score (nSPS) is 17.5. The summed E-state index contributed by atoms with van der Waals surface area (Å²) in [6, 6.07) is 18.7. The molecule has 0 aromatic heterocycles. The first-order valence-corrected chi connectivity index (χ1v) is 10.5. The van der Waals surface area contributed by atoms with Gasteiger partial charge in [-0.3, -0.25) is 4.79 Å². The Labute approximate surface area is 179 Å². The van der Waals surface area contributed by atoms with E-state index in [0.717, 1.165) is 10.8 Å². The van der Waals surface area contributed by atoms with Gasteiger partial charge in [0.05, 0.1) is 12.0 Å². The van der Waals surface area contributed by atoms with E-state index in [9.17, 15) is 9.59 Å². The van der Waals surface area contributed by atoms with Crippen molar-refractivity contribution in [3.63, 3.8) is 0 Å². The van der Waals surface area contributed by atoms with Crippen molar-refractivity contribution in [2.45, 2.75) is 24.9 Å². The molecule has 30 heavy (non-hydrogen) atoms. The zero-order valence-electron chi connectivity index (χ0n) is 16.4. The smallest absolute Gasteiger partial charge is 0.321 e. The first-order chi connectivity index (χ1) is 14.5. The standard InChI is InChI=1S/C24H21ClN2O3/c25-17-6-8-18(9-7-17)26-23(29)27-13-11-24(12-14-27)15-21(28)20-10-5-16-3-1-2-4-19(16)22(20)30-24/h1-10H,11-15H2,(H,26,29). The molecule has 1 fully saturated rings. The minimum absolute atomic E-state index is 0.112. The predicted molar refractivity (Wildman–Crippen MR) is 118 cm³/mol. The number of hydrogen-bond acceptors (Lipinski definition) is 3. The Balaban J connectivity index is 1.32. The number of benzene rings is 3. The van der Waals surface area contributed by atoms with Gasteiger partial charge in [0.1, 0.15) is 11.4 Å². The number of urea groups is 1. The monoisotopic (exact) mass is 420 g/mol. The molecule has 0 aliphatic carbocycles. The molecule has 0 atom stereocenters. The van der Waals surface area contributed by atoms with Gasteiger partial charge in [-0.15, -0.1) is 0 Å². The van der Waals surface area contributed by atoms with Crippen LogP contribution < -0.4 is 10.1 Å². The molecule has 0 bridgehead atoms. The molecule has 6 heteroatoms. The molecule has 0 unspecified atom stereocenters. The summed E-state index contributed by atoms with van der Waals surface area (Å²) in [7, 11) is 0. The highest BCUT2D eigenvalue weighted by Crippen LogP contribution is 2.42. The van der Waals surface area contributed by atoms with Crippen LogP contribution in [0.4, 0.5) is 10.5 Å². The number of hydrogen-bond donors (Lipinski definition) is 1. The SMILES string of the molecule is O=C1CC2(CCN(C(=O)Nc3ccc(Cl)cc3)CC2)Oc2c1ccc1ccccc21. The predicted octanol–water partition coefficient (Wildman–Crippen LogP) is 5.53. The highest BCUT2D eigenvalue weighted by atomic mass is 35.5. The summed E-state index contributed by atoms with van der Waals surface area (Å²) in [6.45, 7) is 1.07. The van der Waals surface area contributed by atoms with Crippen molar-refractivity contribution in [3.8, 4) is 5.75 Å². The van der Waals surface area contributed by atoms with Crippen molar-refractivity contribution in [2.24, 2.45) is 0 Å². The van der Waals surface area contributed by atoms with Crippen molar-refractivity contribution in [1.82, 2.24) is 4.90 Å². The number of Topliss-reactive ketones (excluding diaryl/α,β-unsaturated/α-hetero) is 1. The van der Waals surface area contributed by atoms with Gasteiger partial charge in [0.25, 0.3) is 0 Å². The molecule has 5 rings (SSSR count). The number of amides is 2. The van der Waals surface area contributed by atoms with E-state index in [2.05, 4.69) is 5.32 Å². The number of ether oxygens (including phenoxy) is 1. The Morgan fingerprint density at radius 3 is 2.50 bits per heavy atom. The second-order valence-corrected chi connectivity index (χ2v) is 8.41. The van der Waals surface area contributed by atoms with Gasteiger partial charge in [0.2, 0.25) is 0 Å². The largest absolute Gasteiger partial charge is 0.485 e. The lowest BCUT2D eigenvalue weighted by atomic mass is 9.82. The maximum absolute atomic E-state index is 12.9. The third kappa shape index (κ3) is 3.39. The maximum atomic E-state index is 12.9. The third-order valence-electron chi connectivity index (χ3n) is 6.04. The molecule has 0 radical (unpaired) electrons. The van der Waals surface area contributed by atoms with Crippen molar-refractivity contribution in [3.05, 3.63) is 71.2 Å². The zero-order valence-corrected chi connectivity index (χ0v) is 17.1.